The Balaban J connectivity index is 1.34. The van der Waals surface area contributed by atoms with Crippen LogP contribution < -0.4 is 10.2 Å². The number of nitrogens with one attached hydrogen (secondary N) is 1. The highest BCUT2D eigenvalue weighted by atomic mass is 35.5. The van der Waals surface area contributed by atoms with Gasteiger partial charge in [-0.3, -0.25) is 0 Å². The van der Waals surface area contributed by atoms with Crippen LogP contribution in [0.1, 0.15) is 0 Å². The summed E-state index contributed by atoms with van der Waals surface area (Å²) in [5.41, 5.74) is 2.17. The molecule has 3 aromatic rings. The molecule has 0 unspecified atom stereocenters. The summed E-state index contributed by atoms with van der Waals surface area (Å²) in [6, 6.07) is 15.1. The molecule has 1 aromatic heterocycles. The minimum atomic E-state index is -0.522. The molecule has 1 aliphatic rings. The first-order valence-electron chi connectivity index (χ1n) is 9.35. The molecule has 0 atom stereocenters. The van der Waals surface area contributed by atoms with Crippen molar-refractivity contribution < 1.29 is 9.18 Å². The van der Waals surface area contributed by atoms with E-state index in [9.17, 15) is 9.18 Å². The first-order valence-corrected chi connectivity index (χ1v) is 10.1. The van der Waals surface area contributed by atoms with Gasteiger partial charge in [0.1, 0.15) is 5.82 Å². The number of carbonyl (C=O) groups excluding carboxylic acids is 1. The molecule has 2 amide bonds. The number of carbonyl (C=O) groups is 1. The van der Waals surface area contributed by atoms with Crippen LogP contribution in [-0.2, 0) is 0 Å². The molecule has 0 saturated carbocycles. The van der Waals surface area contributed by atoms with Crippen molar-refractivity contribution in [2.75, 3.05) is 36.4 Å². The Labute approximate surface area is 183 Å². The van der Waals surface area contributed by atoms with Gasteiger partial charge in [0.25, 0.3) is 0 Å². The Morgan fingerprint density at radius 1 is 0.933 bits per heavy atom. The Kier molecular flexibility index (Phi) is 6.01. The third-order valence-corrected chi connectivity index (χ3v) is 5.39. The molecule has 6 nitrogen and oxygen atoms in total. The normalized spacial score (nSPS) is 14.0. The first-order chi connectivity index (χ1) is 14.5. The molecule has 30 heavy (non-hydrogen) atoms. The maximum Gasteiger partial charge on any atom is 0.321 e. The van der Waals surface area contributed by atoms with E-state index in [4.69, 9.17) is 23.2 Å². The largest absolute Gasteiger partial charge is 0.352 e. The fourth-order valence-corrected chi connectivity index (χ4v) is 3.49. The van der Waals surface area contributed by atoms with E-state index in [1.54, 1.807) is 4.90 Å². The summed E-state index contributed by atoms with van der Waals surface area (Å²) in [4.78, 5) is 16.2. The molecule has 1 aliphatic heterocycles. The zero-order valence-electron chi connectivity index (χ0n) is 15.9. The summed E-state index contributed by atoms with van der Waals surface area (Å²) in [7, 11) is 0. The molecule has 154 valence electrons. The van der Waals surface area contributed by atoms with E-state index in [0.717, 1.165) is 17.1 Å². The number of piperazine rings is 1. The van der Waals surface area contributed by atoms with Crippen LogP contribution in [-0.4, -0.2) is 47.3 Å². The predicted molar refractivity (Wildman–Crippen MR) is 117 cm³/mol. The molecule has 1 saturated heterocycles. The van der Waals surface area contributed by atoms with Crippen molar-refractivity contribution in [3.05, 3.63) is 70.5 Å². The van der Waals surface area contributed by atoms with Crippen molar-refractivity contribution in [3.63, 3.8) is 0 Å². The maximum absolute atomic E-state index is 13.3. The van der Waals surface area contributed by atoms with Crippen LogP contribution >= 0.6 is 23.2 Å². The molecule has 1 N–H and O–H groups in total. The molecule has 2 heterocycles. The van der Waals surface area contributed by atoms with Crippen LogP contribution in [0.25, 0.3) is 11.3 Å². The van der Waals surface area contributed by atoms with Crippen LogP contribution in [0.2, 0.25) is 10.0 Å². The van der Waals surface area contributed by atoms with Gasteiger partial charge in [0, 0.05) is 42.5 Å². The number of hydrogen-bond acceptors (Lipinski definition) is 4. The van der Waals surface area contributed by atoms with E-state index in [1.807, 2.05) is 36.4 Å². The first kappa shape index (κ1) is 20.4. The van der Waals surface area contributed by atoms with E-state index in [0.29, 0.717) is 36.9 Å². The number of halogens is 3. The summed E-state index contributed by atoms with van der Waals surface area (Å²) < 4.78 is 13.3. The fraction of sp³-hybridized carbons (Fsp3) is 0.190. The zero-order valence-corrected chi connectivity index (χ0v) is 17.4. The van der Waals surface area contributed by atoms with E-state index < -0.39 is 5.82 Å². The molecular formula is C21H18Cl2FN5O. The summed E-state index contributed by atoms with van der Waals surface area (Å²) >= 11 is 11.7. The number of hydrogen-bond donors (Lipinski definition) is 1. The molecule has 0 spiro atoms. The topological polar surface area (TPSA) is 61.4 Å². The molecule has 0 radical (unpaired) electrons. The van der Waals surface area contributed by atoms with Gasteiger partial charge in [0.15, 0.2) is 5.82 Å². The highest BCUT2D eigenvalue weighted by Gasteiger charge is 2.22. The minimum absolute atomic E-state index is 0.0294. The molecule has 1 fully saturated rings. The molecule has 9 heteroatoms. The standard InChI is InChI=1S/C21H18Cl2FN5O/c22-15-3-1-14(2-4-15)19-7-8-20(27-26-19)28-9-11-29(12-10-28)21(30)25-16-5-6-18(24)17(23)13-16/h1-8,13H,9-12H2,(H,25,30). The third kappa shape index (κ3) is 4.63. The summed E-state index contributed by atoms with van der Waals surface area (Å²) in [6.07, 6.45) is 0. The van der Waals surface area contributed by atoms with Crippen molar-refractivity contribution in [2.45, 2.75) is 0 Å². The van der Waals surface area contributed by atoms with Crippen LogP contribution in [0.4, 0.5) is 20.7 Å². The summed E-state index contributed by atoms with van der Waals surface area (Å²) in [6.45, 7) is 2.32. The van der Waals surface area contributed by atoms with E-state index in [-0.39, 0.29) is 11.1 Å². The van der Waals surface area contributed by atoms with Gasteiger partial charge in [0.05, 0.1) is 10.7 Å². The smallest absolute Gasteiger partial charge is 0.321 e. The van der Waals surface area contributed by atoms with Crippen LogP contribution in [0.5, 0.6) is 0 Å². The number of urea groups is 1. The Morgan fingerprint density at radius 2 is 1.67 bits per heavy atom. The summed E-state index contributed by atoms with van der Waals surface area (Å²) in [5, 5.41) is 12.0. The highest BCUT2D eigenvalue weighted by Crippen LogP contribution is 2.22. The van der Waals surface area contributed by atoms with E-state index in [2.05, 4.69) is 20.4 Å². The van der Waals surface area contributed by atoms with Crippen molar-refractivity contribution in [3.8, 4) is 11.3 Å². The molecule has 2 aromatic carbocycles. The second-order valence-electron chi connectivity index (χ2n) is 6.82. The Morgan fingerprint density at radius 3 is 2.30 bits per heavy atom. The average molecular weight is 446 g/mol. The number of nitrogens with zero attached hydrogens (tertiary/aromatic N) is 4. The van der Waals surface area contributed by atoms with Gasteiger partial charge in [-0.15, -0.1) is 10.2 Å². The number of benzene rings is 2. The maximum atomic E-state index is 13.3. The lowest BCUT2D eigenvalue weighted by Crippen LogP contribution is -2.50. The van der Waals surface area contributed by atoms with E-state index in [1.165, 1.54) is 18.2 Å². The van der Waals surface area contributed by atoms with Gasteiger partial charge in [-0.2, -0.15) is 0 Å². The Bertz CT molecular complexity index is 1040. The van der Waals surface area contributed by atoms with Gasteiger partial charge in [-0.05, 0) is 42.5 Å². The quantitative estimate of drug-likeness (QED) is 0.619. The molecule has 0 aliphatic carbocycles. The SMILES string of the molecule is O=C(Nc1ccc(F)c(Cl)c1)N1CCN(c2ccc(-c3ccc(Cl)cc3)nn2)CC1. The van der Waals surface area contributed by atoms with Crippen molar-refractivity contribution in [1.29, 1.82) is 0 Å². The number of anilines is 2. The van der Waals surface area contributed by atoms with Gasteiger partial charge in [0.2, 0.25) is 0 Å². The van der Waals surface area contributed by atoms with E-state index >= 15 is 0 Å². The molecular weight excluding hydrogens is 428 g/mol. The predicted octanol–water partition coefficient (Wildman–Crippen LogP) is 4.94. The van der Waals surface area contributed by atoms with Crippen molar-refractivity contribution in [2.24, 2.45) is 0 Å². The van der Waals surface area contributed by atoms with Gasteiger partial charge in [-0.1, -0.05) is 35.3 Å². The van der Waals surface area contributed by atoms with Crippen LogP contribution in [0, 0.1) is 5.82 Å². The number of amides is 2. The second kappa shape index (κ2) is 8.85. The lowest BCUT2D eigenvalue weighted by atomic mass is 10.1. The molecule has 4 rings (SSSR count). The second-order valence-corrected chi connectivity index (χ2v) is 7.66. The fourth-order valence-electron chi connectivity index (χ4n) is 3.18. The summed E-state index contributed by atoms with van der Waals surface area (Å²) in [5.74, 6) is 0.240. The lowest BCUT2D eigenvalue weighted by molar-refractivity contribution is 0.208. The zero-order chi connectivity index (χ0) is 21.1. The van der Waals surface area contributed by atoms with Gasteiger partial charge in [-0.25, -0.2) is 9.18 Å². The Hall–Kier alpha value is -2.90. The highest BCUT2D eigenvalue weighted by molar-refractivity contribution is 6.31. The minimum Gasteiger partial charge on any atom is -0.352 e. The average Bonchev–Trinajstić information content (AvgIpc) is 2.77. The number of rotatable bonds is 3. The van der Waals surface area contributed by atoms with Gasteiger partial charge >= 0.3 is 6.03 Å². The third-order valence-electron chi connectivity index (χ3n) is 4.85. The van der Waals surface area contributed by atoms with Gasteiger partial charge < -0.3 is 15.1 Å². The molecule has 0 bridgehead atoms. The van der Waals surface area contributed by atoms with Crippen LogP contribution in [0.3, 0.4) is 0 Å². The number of aromatic nitrogens is 2. The monoisotopic (exact) mass is 445 g/mol. The van der Waals surface area contributed by atoms with Crippen molar-refractivity contribution in [1.82, 2.24) is 15.1 Å². The lowest BCUT2D eigenvalue weighted by Gasteiger charge is -2.35. The van der Waals surface area contributed by atoms with Crippen molar-refractivity contribution >= 4 is 40.7 Å². The van der Waals surface area contributed by atoms with Crippen LogP contribution in [0.15, 0.2) is 54.6 Å².